The number of para-hydroxylation sites is 1. The summed E-state index contributed by atoms with van der Waals surface area (Å²) in [6, 6.07) is 16.5. The molecule has 0 saturated carbocycles. The highest BCUT2D eigenvalue weighted by atomic mass is 35.5. The van der Waals surface area contributed by atoms with Crippen LogP contribution in [0.1, 0.15) is 5.56 Å². The number of hydrogen-bond acceptors (Lipinski definition) is 5. The summed E-state index contributed by atoms with van der Waals surface area (Å²) in [5.74, 6) is -0.0398. The van der Waals surface area contributed by atoms with Crippen LogP contribution < -0.4 is 10.9 Å². The molecule has 0 aliphatic carbocycles. The number of hydrogen-bond donors (Lipinski definition) is 2. The molecule has 0 radical (unpaired) electrons. The van der Waals surface area contributed by atoms with Crippen molar-refractivity contribution in [1.29, 1.82) is 0 Å². The second-order valence-corrected chi connectivity index (χ2v) is 5.19. The van der Waals surface area contributed by atoms with Crippen molar-refractivity contribution in [1.82, 2.24) is 25.6 Å². The number of rotatable bonds is 5. The summed E-state index contributed by atoms with van der Waals surface area (Å²) in [6.45, 7) is 0. The lowest BCUT2D eigenvalue weighted by Gasteiger charge is -2.06. The molecule has 0 atom stereocenters. The number of nitrogens with one attached hydrogen (secondary N) is 2. The van der Waals surface area contributed by atoms with Gasteiger partial charge in [-0.3, -0.25) is 15.6 Å². The van der Waals surface area contributed by atoms with Gasteiger partial charge in [-0.1, -0.05) is 47.0 Å². The van der Waals surface area contributed by atoms with Crippen molar-refractivity contribution in [2.75, 3.05) is 5.43 Å². The summed E-state index contributed by atoms with van der Waals surface area (Å²) >= 11 is 5.81. The Kier molecular flexibility index (Phi) is 4.83. The summed E-state index contributed by atoms with van der Waals surface area (Å²) in [5.41, 5.74) is 6.84. The molecule has 3 aromatic rings. The third kappa shape index (κ3) is 3.96. The van der Waals surface area contributed by atoms with Crippen LogP contribution in [-0.2, 0) is 4.79 Å². The number of carbonyl (C=O) groups excluding carboxylic acids is 1. The van der Waals surface area contributed by atoms with Gasteiger partial charge in [0.25, 0.3) is 11.9 Å². The molecule has 0 spiro atoms. The molecule has 0 aliphatic heterocycles. The largest absolute Gasteiger partial charge is 0.268 e. The first-order valence-electron chi connectivity index (χ1n) is 7.06. The fourth-order valence-corrected chi connectivity index (χ4v) is 2.04. The maximum atomic E-state index is 11.9. The molecule has 2 N–H and O–H groups in total. The van der Waals surface area contributed by atoms with Crippen LogP contribution in [0.4, 0.5) is 5.95 Å². The van der Waals surface area contributed by atoms with Crippen molar-refractivity contribution < 1.29 is 4.79 Å². The number of anilines is 1. The number of amides is 1. The zero-order valence-corrected chi connectivity index (χ0v) is 13.2. The molecule has 24 heavy (non-hydrogen) atoms. The standard InChI is InChI=1S/C16H13ClN6O/c17-13-9-6-12(7-10-13)8-11-15(24)18-19-16-20-21-22-23(16)14-4-2-1-3-5-14/h1-11H,(H,18,24)(H,19,20,22)/b11-8+. The van der Waals surface area contributed by atoms with Crippen LogP contribution in [-0.4, -0.2) is 26.1 Å². The number of hydrazine groups is 1. The van der Waals surface area contributed by atoms with Crippen molar-refractivity contribution in [2.45, 2.75) is 0 Å². The molecule has 3 rings (SSSR count). The number of halogens is 1. The van der Waals surface area contributed by atoms with Crippen molar-refractivity contribution >= 4 is 29.5 Å². The van der Waals surface area contributed by atoms with Gasteiger partial charge in [-0.2, -0.15) is 4.68 Å². The second-order valence-electron chi connectivity index (χ2n) is 4.75. The van der Waals surface area contributed by atoms with E-state index in [4.69, 9.17) is 11.6 Å². The molecule has 8 heteroatoms. The van der Waals surface area contributed by atoms with E-state index in [0.29, 0.717) is 11.0 Å². The number of nitrogens with zero attached hydrogens (tertiary/aromatic N) is 4. The van der Waals surface area contributed by atoms with Gasteiger partial charge in [-0.05, 0) is 46.3 Å². The molecule has 1 amide bonds. The van der Waals surface area contributed by atoms with Gasteiger partial charge >= 0.3 is 0 Å². The SMILES string of the molecule is O=C(/C=C/c1ccc(Cl)cc1)NNc1nnnn1-c1ccccc1. The maximum absolute atomic E-state index is 11.9. The molecule has 1 aromatic heterocycles. The van der Waals surface area contributed by atoms with Crippen LogP contribution in [0, 0.1) is 0 Å². The minimum atomic E-state index is -0.340. The number of benzene rings is 2. The molecular formula is C16H13ClN6O. The molecule has 0 unspecified atom stereocenters. The normalized spacial score (nSPS) is 10.7. The Morgan fingerprint density at radius 2 is 1.83 bits per heavy atom. The number of aromatic nitrogens is 4. The third-order valence-corrected chi connectivity index (χ3v) is 3.32. The van der Waals surface area contributed by atoms with Gasteiger partial charge < -0.3 is 0 Å². The van der Waals surface area contributed by atoms with Crippen molar-refractivity contribution in [3.8, 4) is 5.69 Å². The minimum Gasteiger partial charge on any atom is -0.268 e. The van der Waals surface area contributed by atoms with E-state index in [1.165, 1.54) is 10.8 Å². The Labute approximate surface area is 142 Å². The van der Waals surface area contributed by atoms with E-state index in [9.17, 15) is 4.79 Å². The van der Waals surface area contributed by atoms with E-state index in [0.717, 1.165) is 11.3 Å². The number of tetrazole rings is 1. The van der Waals surface area contributed by atoms with Gasteiger partial charge in [-0.15, -0.1) is 0 Å². The number of carbonyl (C=O) groups is 1. The molecule has 0 saturated heterocycles. The predicted octanol–water partition coefficient (Wildman–Crippen LogP) is 2.47. The average molecular weight is 341 g/mol. The molecule has 0 aliphatic rings. The third-order valence-electron chi connectivity index (χ3n) is 3.06. The van der Waals surface area contributed by atoms with Crippen LogP contribution in [0.3, 0.4) is 0 Å². The molecular weight excluding hydrogens is 328 g/mol. The Hall–Kier alpha value is -3.19. The van der Waals surface area contributed by atoms with Crippen LogP contribution in [0.5, 0.6) is 0 Å². The summed E-state index contributed by atoms with van der Waals surface area (Å²) in [7, 11) is 0. The highest BCUT2D eigenvalue weighted by molar-refractivity contribution is 6.30. The lowest BCUT2D eigenvalue weighted by molar-refractivity contribution is -0.116. The lowest BCUT2D eigenvalue weighted by atomic mass is 10.2. The molecule has 2 aromatic carbocycles. The molecule has 0 fully saturated rings. The minimum absolute atomic E-state index is 0.300. The van der Waals surface area contributed by atoms with Crippen LogP contribution in [0.25, 0.3) is 11.8 Å². The van der Waals surface area contributed by atoms with Gasteiger partial charge in [0.15, 0.2) is 0 Å². The maximum Gasteiger partial charge on any atom is 0.266 e. The summed E-state index contributed by atoms with van der Waals surface area (Å²) in [6.07, 6.45) is 3.07. The monoisotopic (exact) mass is 340 g/mol. The fraction of sp³-hybridized carbons (Fsp3) is 0. The molecule has 7 nitrogen and oxygen atoms in total. The fourth-order valence-electron chi connectivity index (χ4n) is 1.91. The smallest absolute Gasteiger partial charge is 0.266 e. The van der Waals surface area contributed by atoms with Gasteiger partial charge in [0.2, 0.25) is 0 Å². The topological polar surface area (TPSA) is 84.7 Å². The van der Waals surface area contributed by atoms with E-state index in [1.54, 1.807) is 18.2 Å². The van der Waals surface area contributed by atoms with E-state index in [2.05, 4.69) is 26.4 Å². The van der Waals surface area contributed by atoms with E-state index >= 15 is 0 Å². The summed E-state index contributed by atoms with van der Waals surface area (Å²) in [4.78, 5) is 11.9. The second kappa shape index (κ2) is 7.38. The quantitative estimate of drug-likeness (QED) is 0.550. The van der Waals surface area contributed by atoms with E-state index in [-0.39, 0.29) is 5.91 Å². The molecule has 0 bridgehead atoms. The average Bonchev–Trinajstić information content (AvgIpc) is 3.09. The van der Waals surface area contributed by atoms with Crippen molar-refractivity contribution in [2.24, 2.45) is 0 Å². The van der Waals surface area contributed by atoms with E-state index < -0.39 is 0 Å². The zero-order valence-electron chi connectivity index (χ0n) is 12.4. The Bertz CT molecular complexity index is 845. The molecule has 120 valence electrons. The van der Waals surface area contributed by atoms with Gasteiger partial charge in [-0.25, -0.2) is 0 Å². The first-order valence-corrected chi connectivity index (χ1v) is 7.43. The molecule has 1 heterocycles. The van der Waals surface area contributed by atoms with Crippen LogP contribution in [0.2, 0.25) is 5.02 Å². The van der Waals surface area contributed by atoms with Gasteiger partial charge in [0, 0.05) is 11.1 Å². The Morgan fingerprint density at radius 1 is 1.08 bits per heavy atom. The van der Waals surface area contributed by atoms with Crippen molar-refractivity contribution in [3.63, 3.8) is 0 Å². The summed E-state index contributed by atoms with van der Waals surface area (Å²) < 4.78 is 1.48. The summed E-state index contributed by atoms with van der Waals surface area (Å²) in [5, 5.41) is 11.9. The van der Waals surface area contributed by atoms with Crippen molar-refractivity contribution in [3.05, 3.63) is 71.3 Å². The zero-order chi connectivity index (χ0) is 16.8. The first-order chi connectivity index (χ1) is 11.7. The Morgan fingerprint density at radius 3 is 2.58 bits per heavy atom. The Balaban J connectivity index is 1.61. The van der Waals surface area contributed by atoms with Gasteiger partial charge in [0.1, 0.15) is 0 Å². The van der Waals surface area contributed by atoms with Crippen LogP contribution >= 0.6 is 11.6 Å². The van der Waals surface area contributed by atoms with E-state index in [1.807, 2.05) is 42.5 Å². The van der Waals surface area contributed by atoms with Crippen LogP contribution in [0.15, 0.2) is 60.7 Å². The first kappa shape index (κ1) is 15.7. The lowest BCUT2D eigenvalue weighted by Crippen LogP contribution is -2.29. The highest BCUT2D eigenvalue weighted by Gasteiger charge is 2.07. The van der Waals surface area contributed by atoms with Gasteiger partial charge in [0.05, 0.1) is 5.69 Å². The predicted molar refractivity (Wildman–Crippen MR) is 91.4 cm³/mol. The highest BCUT2D eigenvalue weighted by Crippen LogP contribution is 2.11.